The van der Waals surface area contributed by atoms with E-state index < -0.39 is 0 Å². The van der Waals surface area contributed by atoms with Crippen molar-refractivity contribution in [3.8, 4) is 0 Å². The zero-order chi connectivity index (χ0) is 11.1. The van der Waals surface area contributed by atoms with Crippen LogP contribution in [0.4, 0.5) is 0 Å². The minimum Gasteiger partial charge on any atom is -0.396 e. The third-order valence-electron chi connectivity index (χ3n) is 1.68. The first-order valence-electron chi connectivity index (χ1n) is 5.54. The first kappa shape index (κ1) is 15.8. The van der Waals surface area contributed by atoms with Crippen LogP contribution in [0.2, 0.25) is 0 Å². The monoisotopic (exact) mass is 200 g/mol. The van der Waals surface area contributed by atoms with E-state index in [4.69, 9.17) is 5.11 Å². The minimum absolute atomic E-state index is 0.361. The molecule has 2 heteroatoms. The summed E-state index contributed by atoms with van der Waals surface area (Å²) in [6.07, 6.45) is 11.0. The Hall–Kier alpha value is -0.630. The molecule has 0 spiro atoms. The second-order valence-electron chi connectivity index (χ2n) is 3.14. The van der Waals surface area contributed by atoms with E-state index in [0.717, 1.165) is 25.5 Å². The van der Waals surface area contributed by atoms with Gasteiger partial charge in [-0.05, 0) is 18.9 Å². The largest absolute Gasteiger partial charge is 0.396 e. The molecular formula is C12H24O2. The van der Waals surface area contributed by atoms with Crippen molar-refractivity contribution in [2.24, 2.45) is 0 Å². The predicted octanol–water partition coefficient (Wildman–Crippen LogP) is 3.10. The number of aliphatic hydroxyl groups is 1. The van der Waals surface area contributed by atoms with Crippen molar-refractivity contribution in [3.63, 3.8) is 0 Å². The zero-order valence-electron chi connectivity index (χ0n) is 9.54. The van der Waals surface area contributed by atoms with E-state index in [1.54, 1.807) is 0 Å². The van der Waals surface area contributed by atoms with Crippen LogP contribution in [0.3, 0.4) is 0 Å². The second-order valence-corrected chi connectivity index (χ2v) is 3.14. The molecular weight excluding hydrogens is 176 g/mol. The number of allylic oxidation sites excluding steroid dienone is 2. The summed E-state index contributed by atoms with van der Waals surface area (Å²) in [5.74, 6) is 0. The van der Waals surface area contributed by atoms with Crippen molar-refractivity contribution in [2.45, 2.75) is 52.4 Å². The molecule has 0 aromatic carbocycles. The maximum atomic E-state index is 9.59. The fourth-order valence-corrected chi connectivity index (χ4v) is 0.857. The summed E-state index contributed by atoms with van der Waals surface area (Å²) in [5.41, 5.74) is 0. The molecule has 0 amide bonds. The van der Waals surface area contributed by atoms with Gasteiger partial charge in [0.15, 0.2) is 0 Å². The van der Waals surface area contributed by atoms with Gasteiger partial charge in [0.2, 0.25) is 0 Å². The van der Waals surface area contributed by atoms with Gasteiger partial charge >= 0.3 is 0 Å². The number of carbonyl (C=O) groups excluding carboxylic acids is 1. The van der Waals surface area contributed by atoms with Crippen molar-refractivity contribution in [1.82, 2.24) is 0 Å². The molecule has 1 N–H and O–H groups in total. The predicted molar refractivity (Wildman–Crippen MR) is 61.3 cm³/mol. The Morgan fingerprint density at radius 1 is 1.07 bits per heavy atom. The lowest BCUT2D eigenvalue weighted by atomic mass is 10.2. The van der Waals surface area contributed by atoms with Gasteiger partial charge in [-0.1, -0.05) is 45.6 Å². The van der Waals surface area contributed by atoms with Crippen LogP contribution in [0.5, 0.6) is 0 Å². The van der Waals surface area contributed by atoms with Gasteiger partial charge in [-0.2, -0.15) is 0 Å². The summed E-state index contributed by atoms with van der Waals surface area (Å²) in [6, 6.07) is 0. The van der Waals surface area contributed by atoms with Gasteiger partial charge in [0.1, 0.15) is 6.29 Å². The lowest BCUT2D eigenvalue weighted by Gasteiger charge is -1.90. The molecule has 0 rings (SSSR count). The molecule has 0 aromatic rings. The standard InChI is InChI=1S/C6H14O.C6H10O/c2*1-2-3-4-5-6-7/h7H,2-6H2,1H3;4-6H,2-3H2,1H3. The highest BCUT2D eigenvalue weighted by molar-refractivity contribution is 5.64. The number of hydrogen-bond acceptors (Lipinski definition) is 2. The van der Waals surface area contributed by atoms with Gasteiger partial charge in [-0.3, -0.25) is 4.79 Å². The number of unbranched alkanes of at least 4 members (excludes halogenated alkanes) is 4. The zero-order valence-corrected chi connectivity index (χ0v) is 9.54. The summed E-state index contributed by atoms with van der Waals surface area (Å²) in [6.45, 7) is 4.60. The lowest BCUT2D eigenvalue weighted by Crippen LogP contribution is -1.80. The van der Waals surface area contributed by atoms with E-state index in [0.29, 0.717) is 6.61 Å². The average molecular weight is 200 g/mol. The van der Waals surface area contributed by atoms with E-state index in [-0.39, 0.29) is 0 Å². The number of aldehydes is 1. The summed E-state index contributed by atoms with van der Waals surface area (Å²) in [4.78, 5) is 9.59. The van der Waals surface area contributed by atoms with Crippen LogP contribution in [0.25, 0.3) is 0 Å². The summed E-state index contributed by atoms with van der Waals surface area (Å²) < 4.78 is 0. The number of rotatable bonds is 7. The van der Waals surface area contributed by atoms with E-state index in [1.807, 2.05) is 6.08 Å². The maximum absolute atomic E-state index is 9.59. The smallest absolute Gasteiger partial charge is 0.142 e. The molecule has 0 saturated heterocycles. The normalized spacial score (nSPS) is 9.64. The Bertz CT molecular complexity index is 115. The molecule has 0 heterocycles. The Labute approximate surface area is 88.0 Å². The fraction of sp³-hybridized carbons (Fsp3) is 0.750. The molecule has 0 aromatic heterocycles. The van der Waals surface area contributed by atoms with Gasteiger partial charge in [0.05, 0.1) is 0 Å². The van der Waals surface area contributed by atoms with Crippen LogP contribution in [0.1, 0.15) is 52.4 Å². The van der Waals surface area contributed by atoms with E-state index >= 15 is 0 Å². The lowest BCUT2D eigenvalue weighted by molar-refractivity contribution is -0.104. The van der Waals surface area contributed by atoms with Gasteiger partial charge in [-0.15, -0.1) is 0 Å². The Kier molecular flexibility index (Phi) is 20.6. The number of hydrogen-bond donors (Lipinski definition) is 1. The van der Waals surface area contributed by atoms with E-state index in [2.05, 4.69) is 13.8 Å². The van der Waals surface area contributed by atoms with Crippen LogP contribution >= 0.6 is 0 Å². The van der Waals surface area contributed by atoms with Crippen molar-refractivity contribution < 1.29 is 9.90 Å². The highest BCUT2D eigenvalue weighted by Crippen LogP contribution is 1.96. The third kappa shape index (κ3) is 22.5. The Balaban J connectivity index is 0. The van der Waals surface area contributed by atoms with Crippen molar-refractivity contribution in [2.75, 3.05) is 6.61 Å². The quantitative estimate of drug-likeness (QED) is 0.389. The highest BCUT2D eigenvalue weighted by atomic mass is 16.2. The van der Waals surface area contributed by atoms with Crippen molar-refractivity contribution in [1.29, 1.82) is 0 Å². The van der Waals surface area contributed by atoms with Crippen LogP contribution in [-0.2, 0) is 4.79 Å². The summed E-state index contributed by atoms with van der Waals surface area (Å²) in [7, 11) is 0. The summed E-state index contributed by atoms with van der Waals surface area (Å²) >= 11 is 0. The molecule has 0 fully saturated rings. The molecule has 2 nitrogen and oxygen atoms in total. The molecule has 0 bridgehead atoms. The number of aliphatic hydroxyl groups excluding tert-OH is 1. The number of carbonyl (C=O) groups is 1. The minimum atomic E-state index is 0.361. The molecule has 0 atom stereocenters. The Morgan fingerprint density at radius 2 is 1.79 bits per heavy atom. The van der Waals surface area contributed by atoms with Crippen LogP contribution in [0.15, 0.2) is 12.2 Å². The van der Waals surface area contributed by atoms with Gasteiger partial charge in [0.25, 0.3) is 0 Å². The molecule has 14 heavy (non-hydrogen) atoms. The fourth-order valence-electron chi connectivity index (χ4n) is 0.857. The molecule has 0 aliphatic heterocycles. The van der Waals surface area contributed by atoms with E-state index in [1.165, 1.54) is 25.3 Å². The SMILES string of the molecule is CCCC=CC=O.CCCCCCO. The third-order valence-corrected chi connectivity index (χ3v) is 1.68. The topological polar surface area (TPSA) is 37.3 Å². The molecule has 0 aliphatic rings. The van der Waals surface area contributed by atoms with Crippen LogP contribution in [0, 0.1) is 0 Å². The highest BCUT2D eigenvalue weighted by Gasteiger charge is 1.80. The van der Waals surface area contributed by atoms with Crippen LogP contribution in [-0.4, -0.2) is 18.0 Å². The van der Waals surface area contributed by atoms with Gasteiger partial charge in [0, 0.05) is 6.61 Å². The van der Waals surface area contributed by atoms with Crippen molar-refractivity contribution in [3.05, 3.63) is 12.2 Å². The first-order valence-corrected chi connectivity index (χ1v) is 5.54. The summed E-state index contributed by atoms with van der Waals surface area (Å²) in [5, 5.41) is 8.29. The van der Waals surface area contributed by atoms with E-state index in [9.17, 15) is 4.79 Å². The molecule has 0 radical (unpaired) electrons. The van der Waals surface area contributed by atoms with Gasteiger partial charge < -0.3 is 5.11 Å². The van der Waals surface area contributed by atoms with Gasteiger partial charge in [-0.25, -0.2) is 0 Å². The molecule has 84 valence electrons. The second kappa shape index (κ2) is 18.2. The molecule has 0 saturated carbocycles. The molecule has 0 aliphatic carbocycles. The first-order chi connectivity index (χ1) is 6.83. The average Bonchev–Trinajstić information content (AvgIpc) is 2.21. The maximum Gasteiger partial charge on any atom is 0.142 e. The van der Waals surface area contributed by atoms with Crippen LogP contribution < -0.4 is 0 Å². The Morgan fingerprint density at radius 3 is 2.21 bits per heavy atom. The van der Waals surface area contributed by atoms with Crippen molar-refractivity contribution >= 4 is 6.29 Å². The molecule has 0 unspecified atom stereocenters.